The molecule has 1 aliphatic rings. The standard InChI is InChI=1S/C32H33N5O2/c1-2-31(38,37-23-35-28-29(33-22-34-30(28)37)36-27-19-12-20-27)21-39-32(24-13-6-3-7-14-24,25-15-8-4-9-16-25)26-17-10-5-11-18-26/h3-11,13-18,22-23,27,38H,2,12,19-21H2,1H3,(H,33,34,36). The van der Waals surface area contributed by atoms with E-state index in [1.807, 2.05) is 61.5 Å². The average Bonchev–Trinajstić information content (AvgIpc) is 3.43. The van der Waals surface area contributed by atoms with Crippen LogP contribution < -0.4 is 5.32 Å². The molecule has 0 spiro atoms. The van der Waals surface area contributed by atoms with Crippen LogP contribution in [0.1, 0.15) is 49.3 Å². The molecule has 0 saturated heterocycles. The van der Waals surface area contributed by atoms with Gasteiger partial charge in [0.15, 0.2) is 22.7 Å². The number of ether oxygens (including phenoxy) is 1. The first-order valence-electron chi connectivity index (χ1n) is 13.6. The van der Waals surface area contributed by atoms with Gasteiger partial charge in [-0.05, 0) is 42.4 Å². The molecule has 2 heterocycles. The lowest BCUT2D eigenvalue weighted by molar-refractivity contribution is -0.136. The number of hydrogen-bond acceptors (Lipinski definition) is 6. The first-order valence-corrected chi connectivity index (χ1v) is 13.6. The number of benzene rings is 3. The van der Waals surface area contributed by atoms with Gasteiger partial charge >= 0.3 is 0 Å². The van der Waals surface area contributed by atoms with Crippen LogP contribution in [-0.2, 0) is 16.1 Å². The Morgan fingerprint density at radius 3 is 1.90 bits per heavy atom. The molecule has 0 amide bonds. The molecular weight excluding hydrogens is 486 g/mol. The van der Waals surface area contributed by atoms with E-state index in [0.717, 1.165) is 29.5 Å². The van der Waals surface area contributed by atoms with E-state index in [1.165, 1.54) is 12.7 Å². The number of nitrogens with zero attached hydrogens (tertiary/aromatic N) is 4. The second-order valence-electron chi connectivity index (χ2n) is 10.2. The Balaban J connectivity index is 1.43. The molecule has 7 heteroatoms. The van der Waals surface area contributed by atoms with Gasteiger partial charge in [0.25, 0.3) is 0 Å². The Morgan fingerprint density at radius 2 is 1.41 bits per heavy atom. The van der Waals surface area contributed by atoms with Crippen LogP contribution in [0.2, 0.25) is 0 Å². The number of aliphatic hydroxyl groups is 1. The molecule has 1 saturated carbocycles. The van der Waals surface area contributed by atoms with Crippen molar-refractivity contribution in [2.75, 3.05) is 11.9 Å². The number of imidazole rings is 1. The van der Waals surface area contributed by atoms with Crippen molar-refractivity contribution in [2.45, 2.75) is 50.0 Å². The molecule has 7 nitrogen and oxygen atoms in total. The van der Waals surface area contributed by atoms with Gasteiger partial charge in [-0.1, -0.05) is 97.9 Å². The van der Waals surface area contributed by atoms with E-state index in [1.54, 1.807) is 10.9 Å². The summed E-state index contributed by atoms with van der Waals surface area (Å²) in [5, 5.41) is 15.6. The van der Waals surface area contributed by atoms with Crippen LogP contribution in [0.15, 0.2) is 104 Å². The van der Waals surface area contributed by atoms with Crippen molar-refractivity contribution in [2.24, 2.45) is 0 Å². The molecular formula is C32H33N5O2. The van der Waals surface area contributed by atoms with Gasteiger partial charge in [-0.3, -0.25) is 4.57 Å². The Labute approximate surface area is 228 Å². The van der Waals surface area contributed by atoms with Crippen LogP contribution in [0, 0.1) is 0 Å². The van der Waals surface area contributed by atoms with Crippen LogP contribution >= 0.6 is 0 Å². The molecule has 1 unspecified atom stereocenters. The van der Waals surface area contributed by atoms with Crippen molar-refractivity contribution in [1.82, 2.24) is 19.5 Å². The van der Waals surface area contributed by atoms with Crippen LogP contribution in [0.5, 0.6) is 0 Å². The number of hydrogen-bond donors (Lipinski definition) is 2. The fourth-order valence-electron chi connectivity index (χ4n) is 5.33. The summed E-state index contributed by atoms with van der Waals surface area (Å²) in [6, 6.07) is 30.9. The number of rotatable bonds is 10. The predicted octanol–water partition coefficient (Wildman–Crippen LogP) is 5.85. The molecule has 5 aromatic rings. The topological polar surface area (TPSA) is 85.1 Å². The molecule has 0 bridgehead atoms. The maximum atomic E-state index is 12.1. The molecule has 0 radical (unpaired) electrons. The van der Waals surface area contributed by atoms with E-state index in [4.69, 9.17) is 4.74 Å². The highest BCUT2D eigenvalue weighted by Crippen LogP contribution is 2.42. The van der Waals surface area contributed by atoms with Crippen molar-refractivity contribution in [3.05, 3.63) is 120 Å². The summed E-state index contributed by atoms with van der Waals surface area (Å²) in [4.78, 5) is 13.6. The maximum absolute atomic E-state index is 12.1. The minimum Gasteiger partial charge on any atom is -0.368 e. The van der Waals surface area contributed by atoms with Crippen LogP contribution in [0.3, 0.4) is 0 Å². The van der Waals surface area contributed by atoms with Crippen LogP contribution in [0.4, 0.5) is 5.82 Å². The van der Waals surface area contributed by atoms with Crippen molar-refractivity contribution >= 4 is 17.0 Å². The van der Waals surface area contributed by atoms with E-state index in [0.29, 0.717) is 29.4 Å². The zero-order chi connectivity index (χ0) is 26.7. The average molecular weight is 520 g/mol. The molecule has 3 aromatic carbocycles. The molecule has 2 aromatic heterocycles. The number of anilines is 1. The highest BCUT2D eigenvalue weighted by Gasteiger charge is 2.41. The minimum atomic E-state index is -1.40. The van der Waals surface area contributed by atoms with E-state index >= 15 is 0 Å². The number of aromatic nitrogens is 4. The highest BCUT2D eigenvalue weighted by molar-refractivity contribution is 5.83. The van der Waals surface area contributed by atoms with Gasteiger partial charge in [-0.15, -0.1) is 0 Å². The fourth-order valence-corrected chi connectivity index (χ4v) is 5.33. The number of nitrogens with one attached hydrogen (secondary N) is 1. The fraction of sp³-hybridized carbons (Fsp3) is 0.281. The van der Waals surface area contributed by atoms with E-state index in [9.17, 15) is 5.11 Å². The van der Waals surface area contributed by atoms with Gasteiger partial charge < -0.3 is 15.2 Å². The third kappa shape index (κ3) is 4.58. The van der Waals surface area contributed by atoms with Gasteiger partial charge in [0.1, 0.15) is 11.9 Å². The quantitative estimate of drug-likeness (QED) is 0.225. The summed E-state index contributed by atoms with van der Waals surface area (Å²) in [5.41, 5.74) is 1.80. The van der Waals surface area contributed by atoms with E-state index in [2.05, 4.69) is 56.7 Å². The summed E-state index contributed by atoms with van der Waals surface area (Å²) in [5.74, 6) is 0.704. The highest BCUT2D eigenvalue weighted by atomic mass is 16.5. The first kappa shape index (κ1) is 25.2. The minimum absolute atomic E-state index is 0.00301. The van der Waals surface area contributed by atoms with Crippen LogP contribution in [-0.4, -0.2) is 37.3 Å². The smallest absolute Gasteiger partial charge is 0.167 e. The third-order valence-electron chi connectivity index (χ3n) is 7.85. The van der Waals surface area contributed by atoms with Crippen molar-refractivity contribution in [3.63, 3.8) is 0 Å². The largest absolute Gasteiger partial charge is 0.368 e. The lowest BCUT2D eigenvalue weighted by Crippen LogP contribution is -2.43. The first-order chi connectivity index (χ1) is 19.1. The molecule has 6 rings (SSSR count). The van der Waals surface area contributed by atoms with Crippen molar-refractivity contribution in [3.8, 4) is 0 Å². The Morgan fingerprint density at radius 1 is 0.846 bits per heavy atom. The van der Waals surface area contributed by atoms with Gasteiger partial charge in [0, 0.05) is 6.04 Å². The van der Waals surface area contributed by atoms with Gasteiger partial charge in [-0.25, -0.2) is 15.0 Å². The predicted molar refractivity (Wildman–Crippen MR) is 152 cm³/mol. The summed E-state index contributed by atoms with van der Waals surface area (Å²) < 4.78 is 8.70. The summed E-state index contributed by atoms with van der Waals surface area (Å²) in [6.45, 7) is 1.95. The van der Waals surface area contributed by atoms with Crippen molar-refractivity contribution < 1.29 is 9.84 Å². The molecule has 1 aliphatic carbocycles. The monoisotopic (exact) mass is 519 g/mol. The number of fused-ring (bicyclic) bond motifs is 1. The molecule has 1 fully saturated rings. The van der Waals surface area contributed by atoms with Gasteiger partial charge in [-0.2, -0.15) is 0 Å². The summed E-state index contributed by atoms with van der Waals surface area (Å²) in [7, 11) is 0. The summed E-state index contributed by atoms with van der Waals surface area (Å²) >= 11 is 0. The van der Waals surface area contributed by atoms with Crippen molar-refractivity contribution in [1.29, 1.82) is 0 Å². The molecule has 2 N–H and O–H groups in total. The molecule has 198 valence electrons. The summed E-state index contributed by atoms with van der Waals surface area (Å²) in [6.07, 6.45) is 7.04. The second-order valence-corrected chi connectivity index (χ2v) is 10.2. The lowest BCUT2D eigenvalue weighted by atomic mass is 9.80. The SMILES string of the molecule is CCC(O)(COC(c1ccccc1)(c1ccccc1)c1ccccc1)n1cnc2c(NC3CCC3)ncnc21. The van der Waals surface area contributed by atoms with Crippen LogP contribution in [0.25, 0.3) is 11.2 Å². The Kier molecular flexibility index (Phi) is 6.85. The zero-order valence-corrected chi connectivity index (χ0v) is 22.1. The zero-order valence-electron chi connectivity index (χ0n) is 22.1. The van der Waals surface area contributed by atoms with E-state index < -0.39 is 11.3 Å². The van der Waals surface area contributed by atoms with E-state index in [-0.39, 0.29) is 6.61 Å². The third-order valence-corrected chi connectivity index (χ3v) is 7.85. The maximum Gasteiger partial charge on any atom is 0.167 e. The van der Waals surface area contributed by atoms with Gasteiger partial charge in [0.05, 0.1) is 12.9 Å². The second kappa shape index (κ2) is 10.6. The van der Waals surface area contributed by atoms with Gasteiger partial charge in [0.2, 0.25) is 0 Å². The lowest BCUT2D eigenvalue weighted by Gasteiger charge is -2.39. The normalized spacial score (nSPS) is 15.5. The Hall–Kier alpha value is -4.07. The molecule has 0 aliphatic heterocycles. The molecule has 1 atom stereocenters. The molecule has 39 heavy (non-hydrogen) atoms. The Bertz CT molecular complexity index is 1420.